The molecule has 3 heteroatoms. The van der Waals surface area contributed by atoms with E-state index in [1.54, 1.807) is 0 Å². The van der Waals surface area contributed by atoms with Gasteiger partial charge in [0, 0.05) is 25.7 Å². The SMILES string of the molecule is C1CCNCC1.c1ccc(C2CNCCN2)cc1. The quantitative estimate of drug-likeness (QED) is 0.706. The molecule has 2 aliphatic heterocycles. The molecule has 1 aromatic carbocycles. The first-order valence-electron chi connectivity index (χ1n) is 7.16. The van der Waals surface area contributed by atoms with E-state index in [0.717, 1.165) is 19.6 Å². The minimum absolute atomic E-state index is 0.500. The highest BCUT2D eigenvalue weighted by Crippen LogP contribution is 2.12. The van der Waals surface area contributed by atoms with Crippen molar-refractivity contribution in [2.75, 3.05) is 32.7 Å². The third-order valence-electron chi connectivity index (χ3n) is 3.45. The van der Waals surface area contributed by atoms with Crippen LogP contribution in [0.4, 0.5) is 0 Å². The summed E-state index contributed by atoms with van der Waals surface area (Å²) in [6, 6.07) is 11.1. The number of piperazine rings is 1. The van der Waals surface area contributed by atoms with Gasteiger partial charge in [-0.2, -0.15) is 0 Å². The fourth-order valence-electron chi connectivity index (χ4n) is 2.38. The maximum absolute atomic E-state index is 3.47. The predicted molar refractivity (Wildman–Crippen MR) is 76.8 cm³/mol. The number of rotatable bonds is 1. The van der Waals surface area contributed by atoms with Gasteiger partial charge in [0.2, 0.25) is 0 Å². The van der Waals surface area contributed by atoms with E-state index in [4.69, 9.17) is 0 Å². The molecule has 2 saturated heterocycles. The van der Waals surface area contributed by atoms with Crippen molar-refractivity contribution in [1.29, 1.82) is 0 Å². The number of benzene rings is 1. The van der Waals surface area contributed by atoms with Gasteiger partial charge in [-0.15, -0.1) is 0 Å². The summed E-state index contributed by atoms with van der Waals surface area (Å²) >= 11 is 0. The zero-order valence-corrected chi connectivity index (χ0v) is 11.1. The van der Waals surface area contributed by atoms with E-state index in [9.17, 15) is 0 Å². The van der Waals surface area contributed by atoms with Gasteiger partial charge in [0.15, 0.2) is 0 Å². The van der Waals surface area contributed by atoms with Crippen LogP contribution in [0.15, 0.2) is 30.3 Å². The number of nitrogens with one attached hydrogen (secondary N) is 3. The molecule has 2 fully saturated rings. The summed E-state index contributed by atoms with van der Waals surface area (Å²) in [5.74, 6) is 0. The summed E-state index contributed by atoms with van der Waals surface area (Å²) in [6.07, 6.45) is 4.22. The van der Waals surface area contributed by atoms with Gasteiger partial charge < -0.3 is 16.0 Å². The van der Waals surface area contributed by atoms with Crippen molar-refractivity contribution in [3.63, 3.8) is 0 Å². The van der Waals surface area contributed by atoms with Crippen LogP contribution in [0.3, 0.4) is 0 Å². The molecule has 3 nitrogen and oxygen atoms in total. The van der Waals surface area contributed by atoms with Gasteiger partial charge in [0.25, 0.3) is 0 Å². The average molecular weight is 247 g/mol. The first-order valence-corrected chi connectivity index (χ1v) is 7.16. The van der Waals surface area contributed by atoms with Crippen LogP contribution in [0, 0.1) is 0 Å². The smallest absolute Gasteiger partial charge is 0.0447 e. The molecule has 1 unspecified atom stereocenters. The van der Waals surface area contributed by atoms with E-state index in [-0.39, 0.29) is 0 Å². The molecule has 2 aliphatic rings. The molecule has 0 spiro atoms. The van der Waals surface area contributed by atoms with Gasteiger partial charge in [0.1, 0.15) is 0 Å². The minimum atomic E-state index is 0.500. The molecule has 100 valence electrons. The van der Waals surface area contributed by atoms with Crippen molar-refractivity contribution in [2.45, 2.75) is 25.3 Å². The van der Waals surface area contributed by atoms with Crippen LogP contribution < -0.4 is 16.0 Å². The molecular weight excluding hydrogens is 222 g/mol. The minimum Gasteiger partial charge on any atom is -0.317 e. The molecule has 0 bridgehead atoms. The Morgan fingerprint density at radius 1 is 0.778 bits per heavy atom. The van der Waals surface area contributed by atoms with E-state index in [1.807, 2.05) is 0 Å². The predicted octanol–water partition coefficient (Wildman–Crippen LogP) is 1.68. The number of hydrogen-bond donors (Lipinski definition) is 3. The van der Waals surface area contributed by atoms with E-state index in [0.29, 0.717) is 6.04 Å². The summed E-state index contributed by atoms with van der Waals surface area (Å²) in [6.45, 7) is 5.70. The lowest BCUT2D eigenvalue weighted by atomic mass is 10.1. The fourth-order valence-corrected chi connectivity index (χ4v) is 2.38. The van der Waals surface area contributed by atoms with Crippen molar-refractivity contribution >= 4 is 0 Å². The van der Waals surface area contributed by atoms with Gasteiger partial charge in [-0.3, -0.25) is 0 Å². The van der Waals surface area contributed by atoms with E-state index in [1.165, 1.54) is 37.9 Å². The number of hydrogen-bond acceptors (Lipinski definition) is 3. The zero-order valence-electron chi connectivity index (χ0n) is 11.1. The van der Waals surface area contributed by atoms with Crippen LogP contribution in [0.2, 0.25) is 0 Å². The van der Waals surface area contributed by atoms with Crippen LogP contribution >= 0.6 is 0 Å². The summed E-state index contributed by atoms with van der Waals surface area (Å²) in [5.41, 5.74) is 1.38. The third kappa shape index (κ3) is 4.77. The monoisotopic (exact) mass is 247 g/mol. The Morgan fingerprint density at radius 2 is 1.56 bits per heavy atom. The van der Waals surface area contributed by atoms with Crippen molar-refractivity contribution in [1.82, 2.24) is 16.0 Å². The van der Waals surface area contributed by atoms with E-state index in [2.05, 4.69) is 46.3 Å². The Balaban J connectivity index is 0.000000169. The maximum atomic E-state index is 3.47. The van der Waals surface area contributed by atoms with Crippen LogP contribution in [0.1, 0.15) is 30.9 Å². The zero-order chi connectivity index (χ0) is 12.5. The molecule has 0 radical (unpaired) electrons. The normalized spacial score (nSPS) is 23.9. The standard InChI is InChI=1S/C10H14N2.C5H11N/c1-2-4-9(5-3-1)10-8-11-6-7-12-10;1-2-4-6-5-3-1/h1-5,10-12H,6-8H2;6H,1-5H2. The molecule has 0 amide bonds. The Hall–Kier alpha value is -0.900. The van der Waals surface area contributed by atoms with Gasteiger partial charge in [-0.1, -0.05) is 36.8 Å². The first kappa shape index (κ1) is 13.5. The van der Waals surface area contributed by atoms with Crippen LogP contribution in [-0.2, 0) is 0 Å². The molecular formula is C15H25N3. The molecule has 2 heterocycles. The summed E-state index contributed by atoms with van der Waals surface area (Å²) in [7, 11) is 0. The highest BCUT2D eigenvalue weighted by molar-refractivity contribution is 5.19. The van der Waals surface area contributed by atoms with Crippen molar-refractivity contribution in [2.24, 2.45) is 0 Å². The highest BCUT2D eigenvalue weighted by atomic mass is 15.1. The third-order valence-corrected chi connectivity index (χ3v) is 3.45. The summed E-state index contributed by atoms with van der Waals surface area (Å²) in [4.78, 5) is 0. The molecule has 3 rings (SSSR count). The van der Waals surface area contributed by atoms with Crippen LogP contribution in [-0.4, -0.2) is 32.7 Å². The molecule has 0 aromatic heterocycles. The fraction of sp³-hybridized carbons (Fsp3) is 0.600. The topological polar surface area (TPSA) is 36.1 Å². The molecule has 0 aliphatic carbocycles. The molecule has 18 heavy (non-hydrogen) atoms. The Labute approximate surface area is 110 Å². The van der Waals surface area contributed by atoms with Crippen molar-refractivity contribution in [3.8, 4) is 0 Å². The summed E-state index contributed by atoms with van der Waals surface area (Å²) < 4.78 is 0. The average Bonchev–Trinajstić information content (AvgIpc) is 2.51. The molecule has 1 atom stereocenters. The lowest BCUT2D eigenvalue weighted by Gasteiger charge is -2.24. The number of piperidine rings is 1. The second-order valence-corrected chi connectivity index (χ2v) is 4.93. The Kier molecular flexibility index (Phi) is 6.20. The van der Waals surface area contributed by atoms with Gasteiger partial charge >= 0.3 is 0 Å². The Bertz CT molecular complexity index is 291. The highest BCUT2D eigenvalue weighted by Gasteiger charge is 2.12. The lowest BCUT2D eigenvalue weighted by molar-refractivity contribution is 0.430. The van der Waals surface area contributed by atoms with E-state index < -0.39 is 0 Å². The first-order chi connectivity index (χ1) is 8.97. The van der Waals surface area contributed by atoms with Crippen molar-refractivity contribution in [3.05, 3.63) is 35.9 Å². The maximum Gasteiger partial charge on any atom is 0.0447 e. The second kappa shape index (κ2) is 8.25. The lowest BCUT2D eigenvalue weighted by Crippen LogP contribution is -2.42. The largest absolute Gasteiger partial charge is 0.317 e. The van der Waals surface area contributed by atoms with E-state index >= 15 is 0 Å². The van der Waals surface area contributed by atoms with Gasteiger partial charge in [0.05, 0.1) is 0 Å². The molecule has 1 aromatic rings. The Morgan fingerprint density at radius 3 is 2.06 bits per heavy atom. The van der Waals surface area contributed by atoms with Crippen molar-refractivity contribution < 1.29 is 0 Å². The second-order valence-electron chi connectivity index (χ2n) is 4.93. The van der Waals surface area contributed by atoms with Crippen LogP contribution in [0.25, 0.3) is 0 Å². The molecule has 3 N–H and O–H groups in total. The van der Waals surface area contributed by atoms with Gasteiger partial charge in [-0.05, 0) is 31.5 Å². The molecule has 0 saturated carbocycles. The van der Waals surface area contributed by atoms with Crippen LogP contribution in [0.5, 0.6) is 0 Å². The van der Waals surface area contributed by atoms with Gasteiger partial charge in [-0.25, -0.2) is 0 Å². The summed E-state index contributed by atoms with van der Waals surface area (Å²) in [5, 5.41) is 10.1.